The molecule has 2 atom stereocenters. The average Bonchev–Trinajstić information content (AvgIpc) is 2.80. The van der Waals surface area contributed by atoms with Crippen LogP contribution in [-0.2, 0) is 15.0 Å². The lowest BCUT2D eigenvalue weighted by Crippen LogP contribution is -2.53. The quantitative estimate of drug-likeness (QED) is 0.544. The SMILES string of the molecule is C[C@@H](CC#N)[C@H](NC(=O)C(c1ccccc1)(c1ccccc1)c1ccccc1)C(=O)O. The van der Waals surface area contributed by atoms with Crippen LogP contribution >= 0.6 is 0 Å². The predicted octanol–water partition coefficient (Wildman–Crippen LogP) is 4.14. The van der Waals surface area contributed by atoms with Crippen molar-refractivity contribution in [1.29, 1.82) is 5.26 Å². The van der Waals surface area contributed by atoms with Crippen LogP contribution in [0.1, 0.15) is 30.0 Å². The van der Waals surface area contributed by atoms with Crippen molar-refractivity contribution in [3.63, 3.8) is 0 Å². The van der Waals surface area contributed by atoms with Gasteiger partial charge in [0.05, 0.1) is 6.07 Å². The number of amides is 1. The van der Waals surface area contributed by atoms with Crippen LogP contribution in [0, 0.1) is 17.2 Å². The first-order valence-electron chi connectivity index (χ1n) is 10.1. The molecule has 0 aliphatic heterocycles. The van der Waals surface area contributed by atoms with Crippen molar-refractivity contribution < 1.29 is 14.7 Å². The molecule has 0 radical (unpaired) electrons. The summed E-state index contributed by atoms with van der Waals surface area (Å²) in [6.45, 7) is 1.65. The zero-order valence-electron chi connectivity index (χ0n) is 17.2. The zero-order valence-corrected chi connectivity index (χ0v) is 17.2. The third kappa shape index (κ3) is 4.34. The Morgan fingerprint density at radius 1 is 0.871 bits per heavy atom. The first kappa shape index (κ1) is 21.8. The molecule has 31 heavy (non-hydrogen) atoms. The van der Waals surface area contributed by atoms with Gasteiger partial charge in [-0.2, -0.15) is 5.26 Å². The lowest BCUT2D eigenvalue weighted by Gasteiger charge is -2.36. The molecule has 5 nitrogen and oxygen atoms in total. The largest absolute Gasteiger partial charge is 0.480 e. The predicted molar refractivity (Wildman–Crippen MR) is 118 cm³/mol. The third-order valence-corrected chi connectivity index (χ3v) is 5.50. The first-order valence-corrected chi connectivity index (χ1v) is 10.1. The van der Waals surface area contributed by atoms with Gasteiger partial charge in [-0.15, -0.1) is 0 Å². The third-order valence-electron chi connectivity index (χ3n) is 5.50. The Morgan fingerprint density at radius 2 is 1.26 bits per heavy atom. The van der Waals surface area contributed by atoms with Crippen molar-refractivity contribution in [2.45, 2.75) is 24.8 Å². The van der Waals surface area contributed by atoms with Gasteiger partial charge in [-0.05, 0) is 16.7 Å². The molecule has 0 aliphatic carbocycles. The van der Waals surface area contributed by atoms with Gasteiger partial charge in [0.1, 0.15) is 11.5 Å². The Kier molecular flexibility index (Phi) is 6.84. The number of carboxylic acid groups (broad SMARTS) is 1. The van der Waals surface area contributed by atoms with Crippen molar-refractivity contribution in [3.05, 3.63) is 108 Å². The van der Waals surface area contributed by atoms with Crippen LogP contribution in [0.3, 0.4) is 0 Å². The van der Waals surface area contributed by atoms with Gasteiger partial charge < -0.3 is 10.4 Å². The van der Waals surface area contributed by atoms with E-state index in [1.807, 2.05) is 97.1 Å². The summed E-state index contributed by atoms with van der Waals surface area (Å²) in [5.74, 6) is -2.17. The number of nitriles is 1. The molecule has 156 valence electrons. The molecule has 2 N–H and O–H groups in total. The summed E-state index contributed by atoms with van der Waals surface area (Å²) in [5, 5.41) is 21.6. The van der Waals surface area contributed by atoms with Gasteiger partial charge in [-0.25, -0.2) is 4.79 Å². The van der Waals surface area contributed by atoms with Crippen molar-refractivity contribution in [2.75, 3.05) is 0 Å². The molecule has 0 saturated heterocycles. The number of nitrogens with zero attached hydrogens (tertiary/aromatic N) is 1. The number of hydrogen-bond donors (Lipinski definition) is 2. The maximum absolute atomic E-state index is 14.0. The maximum atomic E-state index is 14.0. The summed E-state index contributed by atoms with van der Waals surface area (Å²) in [4.78, 5) is 26.0. The maximum Gasteiger partial charge on any atom is 0.326 e. The summed E-state index contributed by atoms with van der Waals surface area (Å²) in [6.07, 6.45) is 0.0201. The Morgan fingerprint density at radius 3 is 1.58 bits per heavy atom. The molecule has 0 heterocycles. The van der Waals surface area contributed by atoms with Gasteiger partial charge in [0, 0.05) is 12.3 Å². The molecule has 3 rings (SSSR count). The average molecular weight is 412 g/mol. The molecule has 0 spiro atoms. The molecular weight excluding hydrogens is 388 g/mol. The van der Waals surface area contributed by atoms with Gasteiger partial charge in [0.2, 0.25) is 5.91 Å². The molecule has 3 aromatic carbocycles. The smallest absolute Gasteiger partial charge is 0.326 e. The van der Waals surface area contributed by atoms with Crippen LogP contribution in [0.15, 0.2) is 91.0 Å². The van der Waals surface area contributed by atoms with Crippen LogP contribution in [0.4, 0.5) is 0 Å². The highest BCUT2D eigenvalue weighted by molar-refractivity contribution is 5.98. The molecule has 0 aliphatic rings. The number of aliphatic carboxylic acids is 1. The number of benzene rings is 3. The van der Waals surface area contributed by atoms with E-state index in [1.165, 1.54) is 0 Å². The van der Waals surface area contributed by atoms with E-state index in [2.05, 4.69) is 5.32 Å². The van der Waals surface area contributed by atoms with E-state index in [-0.39, 0.29) is 6.42 Å². The standard InChI is InChI=1S/C26H24N2O3/c1-19(17-18-27)23(24(29)30)28-25(31)26(20-11-5-2-6-12-20,21-13-7-3-8-14-21)22-15-9-4-10-16-22/h2-16,19,23H,17H2,1H3,(H,28,31)(H,29,30)/t19-,23-/m0/s1. The lowest BCUT2D eigenvalue weighted by atomic mass is 9.68. The van der Waals surface area contributed by atoms with E-state index >= 15 is 0 Å². The number of hydrogen-bond acceptors (Lipinski definition) is 3. The molecule has 0 bridgehead atoms. The fourth-order valence-corrected chi connectivity index (χ4v) is 3.92. The minimum Gasteiger partial charge on any atom is -0.480 e. The lowest BCUT2D eigenvalue weighted by molar-refractivity contribution is -0.143. The van der Waals surface area contributed by atoms with Gasteiger partial charge in [0.15, 0.2) is 0 Å². The highest BCUT2D eigenvalue weighted by atomic mass is 16.4. The summed E-state index contributed by atoms with van der Waals surface area (Å²) in [6, 6.07) is 28.8. The number of carboxylic acids is 1. The van der Waals surface area contributed by atoms with Crippen LogP contribution in [0.5, 0.6) is 0 Å². The second-order valence-electron chi connectivity index (χ2n) is 7.48. The normalized spacial score (nSPS) is 12.9. The van der Waals surface area contributed by atoms with Crippen LogP contribution in [0.25, 0.3) is 0 Å². The topological polar surface area (TPSA) is 90.2 Å². The monoisotopic (exact) mass is 412 g/mol. The van der Waals surface area contributed by atoms with E-state index in [9.17, 15) is 14.7 Å². The van der Waals surface area contributed by atoms with E-state index < -0.39 is 29.3 Å². The highest BCUT2D eigenvalue weighted by Crippen LogP contribution is 2.39. The second kappa shape index (κ2) is 9.73. The van der Waals surface area contributed by atoms with E-state index in [0.29, 0.717) is 0 Å². The Bertz CT molecular complexity index is 963. The minimum absolute atomic E-state index is 0.0201. The number of rotatable bonds is 8. The molecule has 3 aromatic rings. The molecule has 0 aromatic heterocycles. The Labute approximate surface area is 182 Å². The minimum atomic E-state index is -1.26. The summed E-state index contributed by atoms with van der Waals surface area (Å²) < 4.78 is 0. The second-order valence-corrected chi connectivity index (χ2v) is 7.48. The van der Waals surface area contributed by atoms with Crippen molar-refractivity contribution in [1.82, 2.24) is 5.32 Å². The van der Waals surface area contributed by atoms with Crippen LogP contribution in [-0.4, -0.2) is 23.0 Å². The fourth-order valence-electron chi connectivity index (χ4n) is 3.92. The summed E-state index contributed by atoms with van der Waals surface area (Å²) in [7, 11) is 0. The fraction of sp³-hybridized carbons (Fsp3) is 0.192. The van der Waals surface area contributed by atoms with E-state index in [1.54, 1.807) is 6.92 Å². The first-order chi connectivity index (χ1) is 15.0. The molecule has 5 heteroatoms. The highest BCUT2D eigenvalue weighted by Gasteiger charge is 2.45. The molecule has 0 saturated carbocycles. The Balaban J connectivity index is 2.24. The van der Waals surface area contributed by atoms with Gasteiger partial charge in [0.25, 0.3) is 0 Å². The van der Waals surface area contributed by atoms with E-state index in [0.717, 1.165) is 16.7 Å². The van der Waals surface area contributed by atoms with Crippen LogP contribution < -0.4 is 5.32 Å². The zero-order chi connectivity index (χ0) is 22.3. The van der Waals surface area contributed by atoms with Gasteiger partial charge >= 0.3 is 5.97 Å². The van der Waals surface area contributed by atoms with Crippen molar-refractivity contribution in [2.24, 2.45) is 5.92 Å². The summed E-state index contributed by atoms with van der Waals surface area (Å²) in [5.41, 5.74) is 0.912. The number of carbonyl (C=O) groups excluding carboxylic acids is 1. The molecule has 0 fully saturated rings. The number of nitrogens with one attached hydrogen (secondary N) is 1. The Hall–Kier alpha value is -3.91. The van der Waals surface area contributed by atoms with Gasteiger partial charge in [-0.1, -0.05) is 97.9 Å². The van der Waals surface area contributed by atoms with Gasteiger partial charge in [-0.3, -0.25) is 4.79 Å². The summed E-state index contributed by atoms with van der Waals surface area (Å²) >= 11 is 0. The number of carbonyl (C=O) groups is 2. The van der Waals surface area contributed by atoms with Crippen molar-refractivity contribution in [3.8, 4) is 6.07 Å². The molecule has 0 unspecified atom stereocenters. The molecular formula is C26H24N2O3. The van der Waals surface area contributed by atoms with E-state index in [4.69, 9.17) is 5.26 Å². The molecule has 1 amide bonds. The van der Waals surface area contributed by atoms with Crippen molar-refractivity contribution >= 4 is 11.9 Å². The van der Waals surface area contributed by atoms with Crippen LogP contribution in [0.2, 0.25) is 0 Å².